The van der Waals surface area contributed by atoms with Gasteiger partial charge in [-0.3, -0.25) is 9.80 Å². The molecule has 4 heteroatoms. The minimum Gasteiger partial charge on any atom is -0.278 e. The molecular formula is C7H16Cl2N2. The summed E-state index contributed by atoms with van der Waals surface area (Å²) in [4.78, 5) is 4.35. The molecule has 0 bridgehead atoms. The third-order valence-corrected chi connectivity index (χ3v) is 2.67. The average molecular weight is 199 g/mol. The van der Waals surface area contributed by atoms with Gasteiger partial charge in [0.2, 0.25) is 0 Å². The topological polar surface area (TPSA) is 6.48 Å². The Hall–Kier alpha value is 0.500. The standard InChI is InChI=1S/C7H15ClN2.ClH/c1-9-5-3-4-6-10(2)7(9)8;/h7H,3-6H2,1-2H3;1H. The smallest absolute Gasteiger partial charge is 0.139 e. The minimum atomic E-state index is 0. The monoisotopic (exact) mass is 198 g/mol. The highest BCUT2D eigenvalue weighted by Gasteiger charge is 2.18. The first kappa shape index (κ1) is 11.5. The second-order valence-corrected chi connectivity index (χ2v) is 3.37. The Bertz CT molecular complexity index is 98.6. The Morgan fingerprint density at radius 1 is 1.09 bits per heavy atom. The van der Waals surface area contributed by atoms with Gasteiger partial charge in [0.1, 0.15) is 5.62 Å². The van der Waals surface area contributed by atoms with Crippen LogP contribution in [0, 0.1) is 0 Å². The van der Waals surface area contributed by atoms with E-state index in [0.29, 0.717) is 0 Å². The van der Waals surface area contributed by atoms with Crippen molar-refractivity contribution in [1.82, 2.24) is 9.80 Å². The average Bonchev–Trinajstić information content (AvgIpc) is 2.04. The van der Waals surface area contributed by atoms with Gasteiger partial charge in [-0.15, -0.1) is 12.4 Å². The van der Waals surface area contributed by atoms with Gasteiger partial charge in [-0.25, -0.2) is 0 Å². The lowest BCUT2D eigenvalue weighted by Gasteiger charge is -2.26. The summed E-state index contributed by atoms with van der Waals surface area (Å²) in [6.07, 6.45) is 2.54. The molecule has 0 aliphatic carbocycles. The first-order chi connectivity index (χ1) is 4.72. The van der Waals surface area contributed by atoms with Crippen molar-refractivity contribution in [2.45, 2.75) is 18.5 Å². The summed E-state index contributed by atoms with van der Waals surface area (Å²) in [5.41, 5.74) is 0.0995. The Kier molecular flexibility index (Phi) is 5.44. The molecule has 0 unspecified atom stereocenters. The van der Waals surface area contributed by atoms with Gasteiger partial charge in [0.15, 0.2) is 0 Å². The highest BCUT2D eigenvalue weighted by Crippen LogP contribution is 2.12. The summed E-state index contributed by atoms with van der Waals surface area (Å²) in [6, 6.07) is 0. The quantitative estimate of drug-likeness (QED) is 0.431. The van der Waals surface area contributed by atoms with Crippen molar-refractivity contribution in [1.29, 1.82) is 0 Å². The summed E-state index contributed by atoms with van der Waals surface area (Å²) in [5, 5.41) is 0. The molecule has 0 atom stereocenters. The Morgan fingerprint density at radius 3 is 1.82 bits per heavy atom. The maximum Gasteiger partial charge on any atom is 0.139 e. The molecule has 11 heavy (non-hydrogen) atoms. The molecule has 1 rings (SSSR count). The van der Waals surface area contributed by atoms with E-state index >= 15 is 0 Å². The van der Waals surface area contributed by atoms with E-state index in [-0.39, 0.29) is 18.0 Å². The molecule has 2 nitrogen and oxygen atoms in total. The Labute approximate surface area is 79.9 Å². The predicted molar refractivity (Wildman–Crippen MR) is 51.4 cm³/mol. The highest BCUT2D eigenvalue weighted by molar-refractivity contribution is 6.20. The SMILES string of the molecule is CN1CCCCN(C)C1Cl.Cl. The molecule has 1 aliphatic rings. The second-order valence-electron chi connectivity index (χ2n) is 2.98. The van der Waals surface area contributed by atoms with Crippen LogP contribution in [0.2, 0.25) is 0 Å². The molecule has 0 saturated carbocycles. The van der Waals surface area contributed by atoms with Crippen LogP contribution in [0.25, 0.3) is 0 Å². The molecule has 0 N–H and O–H groups in total. The van der Waals surface area contributed by atoms with Crippen LogP contribution in [0.5, 0.6) is 0 Å². The van der Waals surface area contributed by atoms with E-state index in [9.17, 15) is 0 Å². The van der Waals surface area contributed by atoms with E-state index in [1.807, 2.05) is 0 Å². The zero-order chi connectivity index (χ0) is 7.56. The maximum absolute atomic E-state index is 6.07. The maximum atomic E-state index is 6.07. The fourth-order valence-electron chi connectivity index (χ4n) is 1.27. The van der Waals surface area contributed by atoms with Crippen LogP contribution in [0.1, 0.15) is 12.8 Å². The molecule has 1 saturated heterocycles. The molecule has 1 heterocycles. The minimum absolute atomic E-state index is 0. The van der Waals surface area contributed by atoms with Gasteiger partial charge < -0.3 is 0 Å². The molecule has 0 aromatic carbocycles. The van der Waals surface area contributed by atoms with Gasteiger partial charge in [-0.2, -0.15) is 0 Å². The first-order valence-electron chi connectivity index (χ1n) is 3.76. The summed E-state index contributed by atoms with van der Waals surface area (Å²) in [5.74, 6) is 0. The molecule has 0 aromatic rings. The van der Waals surface area contributed by atoms with Crippen molar-refractivity contribution < 1.29 is 0 Å². The van der Waals surface area contributed by atoms with Gasteiger partial charge in [-0.05, 0) is 26.9 Å². The molecular weight excluding hydrogens is 183 g/mol. The molecule has 1 fully saturated rings. The third-order valence-electron chi connectivity index (χ3n) is 2.00. The van der Waals surface area contributed by atoms with E-state index in [2.05, 4.69) is 23.9 Å². The van der Waals surface area contributed by atoms with Crippen LogP contribution >= 0.6 is 24.0 Å². The van der Waals surface area contributed by atoms with Crippen molar-refractivity contribution in [3.8, 4) is 0 Å². The summed E-state index contributed by atoms with van der Waals surface area (Å²) >= 11 is 6.07. The van der Waals surface area contributed by atoms with E-state index in [1.165, 1.54) is 12.8 Å². The molecule has 0 spiro atoms. The second kappa shape index (κ2) is 5.20. The number of hydrogen-bond donors (Lipinski definition) is 0. The van der Waals surface area contributed by atoms with Gasteiger partial charge >= 0.3 is 0 Å². The molecule has 0 radical (unpaired) electrons. The zero-order valence-electron chi connectivity index (χ0n) is 7.09. The van der Waals surface area contributed by atoms with E-state index in [1.54, 1.807) is 0 Å². The van der Waals surface area contributed by atoms with Gasteiger partial charge in [0, 0.05) is 13.1 Å². The number of alkyl halides is 1. The normalized spacial score (nSPS) is 24.3. The van der Waals surface area contributed by atoms with Crippen LogP contribution < -0.4 is 0 Å². The van der Waals surface area contributed by atoms with Crippen molar-refractivity contribution in [2.24, 2.45) is 0 Å². The largest absolute Gasteiger partial charge is 0.278 e. The van der Waals surface area contributed by atoms with E-state index < -0.39 is 0 Å². The van der Waals surface area contributed by atoms with Crippen LogP contribution in [0.3, 0.4) is 0 Å². The number of nitrogens with zero attached hydrogens (tertiary/aromatic N) is 2. The van der Waals surface area contributed by atoms with Crippen LogP contribution in [-0.2, 0) is 0 Å². The fraction of sp³-hybridized carbons (Fsp3) is 1.00. The predicted octanol–water partition coefficient (Wildman–Crippen LogP) is 1.59. The van der Waals surface area contributed by atoms with E-state index in [4.69, 9.17) is 11.6 Å². The van der Waals surface area contributed by atoms with E-state index in [0.717, 1.165) is 13.1 Å². The Morgan fingerprint density at radius 2 is 1.45 bits per heavy atom. The van der Waals surface area contributed by atoms with Crippen LogP contribution in [0.15, 0.2) is 0 Å². The summed E-state index contributed by atoms with van der Waals surface area (Å²) in [6.45, 7) is 2.25. The highest BCUT2D eigenvalue weighted by atomic mass is 35.5. The molecule has 1 aliphatic heterocycles. The fourth-order valence-corrected chi connectivity index (χ4v) is 1.47. The molecule has 0 aromatic heterocycles. The first-order valence-corrected chi connectivity index (χ1v) is 4.20. The van der Waals surface area contributed by atoms with Crippen molar-refractivity contribution in [3.63, 3.8) is 0 Å². The lowest BCUT2D eigenvalue weighted by atomic mass is 10.3. The van der Waals surface area contributed by atoms with Gasteiger partial charge in [0.05, 0.1) is 0 Å². The summed E-state index contributed by atoms with van der Waals surface area (Å²) in [7, 11) is 4.14. The summed E-state index contributed by atoms with van der Waals surface area (Å²) < 4.78 is 0. The van der Waals surface area contributed by atoms with Crippen molar-refractivity contribution in [3.05, 3.63) is 0 Å². The molecule has 0 amide bonds. The Balaban J connectivity index is 0.000001000. The molecule has 68 valence electrons. The van der Waals surface area contributed by atoms with Crippen LogP contribution in [0.4, 0.5) is 0 Å². The zero-order valence-corrected chi connectivity index (χ0v) is 8.66. The van der Waals surface area contributed by atoms with Gasteiger partial charge in [0.25, 0.3) is 0 Å². The van der Waals surface area contributed by atoms with Gasteiger partial charge in [-0.1, -0.05) is 11.6 Å². The third kappa shape index (κ3) is 3.16. The number of halogens is 2. The number of hydrogen-bond acceptors (Lipinski definition) is 2. The van der Waals surface area contributed by atoms with Crippen molar-refractivity contribution >= 4 is 24.0 Å². The lowest BCUT2D eigenvalue weighted by molar-refractivity contribution is 0.174. The van der Waals surface area contributed by atoms with Crippen LogP contribution in [-0.4, -0.2) is 42.6 Å². The lowest BCUT2D eigenvalue weighted by Crippen LogP contribution is -2.38. The number of rotatable bonds is 0. The van der Waals surface area contributed by atoms with Crippen molar-refractivity contribution in [2.75, 3.05) is 27.2 Å².